The van der Waals surface area contributed by atoms with E-state index in [-0.39, 0.29) is 0 Å². The van der Waals surface area contributed by atoms with Crippen LogP contribution in [0.5, 0.6) is 5.75 Å². The van der Waals surface area contributed by atoms with Crippen LogP contribution in [0.3, 0.4) is 0 Å². The summed E-state index contributed by atoms with van der Waals surface area (Å²) >= 11 is 7.25. The molecule has 0 aliphatic rings. The zero-order valence-electron chi connectivity index (χ0n) is 13.6. The van der Waals surface area contributed by atoms with Gasteiger partial charge in [-0.25, -0.2) is 0 Å². The van der Waals surface area contributed by atoms with Gasteiger partial charge in [0.05, 0.1) is 21.4 Å². The molecule has 0 atom stereocenters. The fourth-order valence-electron chi connectivity index (χ4n) is 1.99. The van der Waals surface area contributed by atoms with Gasteiger partial charge in [0.2, 0.25) is 0 Å². The minimum atomic E-state index is 0.353. The third kappa shape index (κ3) is 5.99. The molecule has 0 radical (unpaired) electrons. The number of thiocarbonyl (C=S) groups is 1. The fourth-order valence-corrected chi connectivity index (χ4v) is 2.88. The number of nitriles is 1. The van der Waals surface area contributed by atoms with E-state index in [2.05, 4.69) is 44.5 Å². The number of hydrogen-bond acceptors (Lipinski definition) is 4. The molecule has 0 saturated carbocycles. The summed E-state index contributed by atoms with van der Waals surface area (Å²) in [6.07, 6.45) is 1.70. The van der Waals surface area contributed by atoms with E-state index in [0.717, 1.165) is 27.0 Å². The lowest BCUT2D eigenvalue weighted by Crippen LogP contribution is -2.31. The van der Waals surface area contributed by atoms with Crippen molar-refractivity contribution in [2.45, 2.75) is 13.5 Å². The first-order chi connectivity index (χ1) is 12.1. The van der Waals surface area contributed by atoms with Gasteiger partial charge in [0.25, 0.3) is 0 Å². The van der Waals surface area contributed by atoms with Crippen molar-refractivity contribution in [1.29, 1.82) is 5.26 Å². The van der Waals surface area contributed by atoms with Crippen LogP contribution in [0.2, 0.25) is 0 Å². The molecule has 2 aromatic carbocycles. The van der Waals surface area contributed by atoms with Crippen molar-refractivity contribution in [3.63, 3.8) is 0 Å². The SMILES string of the molecule is CCNC(=S)N/N=C\c1ccc(OCc2ccccc2C#N)c(I)c1. The third-order valence-corrected chi connectivity index (χ3v) is 4.27. The number of hydrogen-bond donors (Lipinski definition) is 2. The molecular formula is C18H17IN4OS. The van der Waals surface area contributed by atoms with E-state index < -0.39 is 0 Å². The maximum atomic E-state index is 9.12. The number of nitrogens with zero attached hydrogens (tertiary/aromatic N) is 2. The highest BCUT2D eigenvalue weighted by Gasteiger charge is 2.05. The van der Waals surface area contributed by atoms with Crippen molar-refractivity contribution in [3.8, 4) is 11.8 Å². The second kappa shape index (κ2) is 9.96. The van der Waals surface area contributed by atoms with Crippen LogP contribution >= 0.6 is 34.8 Å². The first-order valence-corrected chi connectivity index (χ1v) is 9.10. The Morgan fingerprint density at radius 1 is 1.36 bits per heavy atom. The molecule has 2 rings (SSSR count). The Morgan fingerprint density at radius 3 is 2.88 bits per heavy atom. The molecule has 2 aromatic rings. The molecule has 0 saturated heterocycles. The summed E-state index contributed by atoms with van der Waals surface area (Å²) in [5.41, 5.74) is 5.18. The molecule has 0 bridgehead atoms. The molecule has 5 nitrogen and oxygen atoms in total. The van der Waals surface area contributed by atoms with E-state index in [9.17, 15) is 0 Å². The summed E-state index contributed by atoms with van der Waals surface area (Å²) in [5, 5.41) is 16.7. The molecule has 0 aromatic heterocycles. The number of benzene rings is 2. The van der Waals surface area contributed by atoms with Gasteiger partial charge in [-0.1, -0.05) is 18.2 Å². The van der Waals surface area contributed by atoms with E-state index in [4.69, 9.17) is 22.2 Å². The highest BCUT2D eigenvalue weighted by molar-refractivity contribution is 14.1. The highest BCUT2D eigenvalue weighted by atomic mass is 127. The van der Waals surface area contributed by atoms with Crippen molar-refractivity contribution < 1.29 is 4.74 Å². The molecule has 2 N–H and O–H groups in total. The van der Waals surface area contributed by atoms with Crippen LogP contribution < -0.4 is 15.5 Å². The van der Waals surface area contributed by atoms with Crippen LogP contribution in [0.25, 0.3) is 0 Å². The average molecular weight is 464 g/mol. The van der Waals surface area contributed by atoms with E-state index in [1.54, 1.807) is 12.3 Å². The van der Waals surface area contributed by atoms with Crippen LogP contribution in [0.1, 0.15) is 23.6 Å². The van der Waals surface area contributed by atoms with Crippen molar-refractivity contribution in [1.82, 2.24) is 10.7 Å². The Balaban J connectivity index is 1.99. The van der Waals surface area contributed by atoms with Gasteiger partial charge < -0.3 is 10.1 Å². The highest BCUT2D eigenvalue weighted by Crippen LogP contribution is 2.23. The molecule has 7 heteroatoms. The summed E-state index contributed by atoms with van der Waals surface area (Å²) in [5.74, 6) is 0.765. The number of nitrogens with one attached hydrogen (secondary N) is 2. The largest absolute Gasteiger partial charge is 0.488 e. The summed E-state index contributed by atoms with van der Waals surface area (Å²) in [6.45, 7) is 3.07. The molecule has 0 spiro atoms. The predicted octanol–water partition coefficient (Wildman–Crippen LogP) is 3.56. The number of ether oxygens (including phenoxy) is 1. The van der Waals surface area contributed by atoms with E-state index in [0.29, 0.717) is 17.3 Å². The fraction of sp³-hybridized carbons (Fsp3) is 0.167. The predicted molar refractivity (Wildman–Crippen MR) is 112 cm³/mol. The molecule has 0 aliphatic carbocycles. The van der Waals surface area contributed by atoms with E-state index in [1.807, 2.05) is 43.3 Å². The van der Waals surface area contributed by atoms with E-state index in [1.165, 1.54) is 0 Å². The van der Waals surface area contributed by atoms with Gasteiger partial charge in [-0.05, 0) is 71.6 Å². The molecule has 128 valence electrons. The van der Waals surface area contributed by atoms with E-state index >= 15 is 0 Å². The van der Waals surface area contributed by atoms with Gasteiger partial charge in [0, 0.05) is 12.1 Å². The van der Waals surface area contributed by atoms with Crippen LogP contribution in [-0.4, -0.2) is 17.9 Å². The van der Waals surface area contributed by atoms with Crippen molar-refractivity contribution >= 4 is 46.1 Å². The monoisotopic (exact) mass is 464 g/mol. The molecule has 0 aliphatic heterocycles. The number of halogens is 1. The van der Waals surface area contributed by atoms with Crippen LogP contribution in [0.4, 0.5) is 0 Å². The smallest absolute Gasteiger partial charge is 0.186 e. The average Bonchev–Trinajstić information content (AvgIpc) is 2.61. The lowest BCUT2D eigenvalue weighted by Gasteiger charge is -2.10. The second-order valence-electron chi connectivity index (χ2n) is 4.98. The normalized spacial score (nSPS) is 10.3. The van der Waals surface area contributed by atoms with Crippen molar-refractivity contribution in [3.05, 3.63) is 62.7 Å². The Labute approximate surface area is 166 Å². The minimum absolute atomic E-state index is 0.353. The van der Waals surface area contributed by atoms with Crippen molar-refractivity contribution in [2.24, 2.45) is 5.10 Å². The Hall–Kier alpha value is -2.18. The Morgan fingerprint density at radius 2 is 2.16 bits per heavy atom. The maximum absolute atomic E-state index is 9.12. The lowest BCUT2D eigenvalue weighted by molar-refractivity contribution is 0.303. The topological polar surface area (TPSA) is 69.4 Å². The van der Waals surface area contributed by atoms with Crippen LogP contribution in [-0.2, 0) is 6.61 Å². The number of hydrazone groups is 1. The molecule has 0 amide bonds. The van der Waals surface area contributed by atoms with Gasteiger partial charge in [0.1, 0.15) is 12.4 Å². The van der Waals surface area contributed by atoms with Crippen molar-refractivity contribution in [2.75, 3.05) is 6.54 Å². The lowest BCUT2D eigenvalue weighted by atomic mass is 10.1. The number of rotatable bonds is 6. The quantitative estimate of drug-likeness (QED) is 0.296. The Bertz CT molecular complexity index is 817. The summed E-state index contributed by atoms with van der Waals surface area (Å²) in [7, 11) is 0. The first kappa shape index (κ1) is 19.1. The summed E-state index contributed by atoms with van der Waals surface area (Å²) < 4.78 is 6.81. The zero-order valence-corrected chi connectivity index (χ0v) is 16.6. The molecule has 0 fully saturated rings. The van der Waals surface area contributed by atoms with Gasteiger partial charge >= 0.3 is 0 Å². The molecular weight excluding hydrogens is 447 g/mol. The van der Waals surface area contributed by atoms with Gasteiger partial charge in [-0.15, -0.1) is 0 Å². The van der Waals surface area contributed by atoms with Gasteiger partial charge in [0.15, 0.2) is 5.11 Å². The standard InChI is InChI=1S/C18H17IN4OS/c1-2-21-18(25)23-22-11-13-7-8-17(16(19)9-13)24-12-15-6-4-3-5-14(15)10-20/h3-9,11H,2,12H2,1H3,(H2,21,23,25)/b22-11-. The zero-order chi connectivity index (χ0) is 18.1. The third-order valence-electron chi connectivity index (χ3n) is 3.19. The summed E-state index contributed by atoms with van der Waals surface area (Å²) in [6, 6.07) is 15.4. The minimum Gasteiger partial charge on any atom is -0.488 e. The first-order valence-electron chi connectivity index (χ1n) is 7.61. The molecule has 25 heavy (non-hydrogen) atoms. The van der Waals surface area contributed by atoms with Crippen LogP contribution in [0, 0.1) is 14.9 Å². The summed E-state index contributed by atoms with van der Waals surface area (Å²) in [4.78, 5) is 0. The van der Waals surface area contributed by atoms with Gasteiger partial charge in [-0.2, -0.15) is 10.4 Å². The Kier molecular flexibility index (Phi) is 7.63. The van der Waals surface area contributed by atoms with Crippen LogP contribution in [0.15, 0.2) is 47.6 Å². The maximum Gasteiger partial charge on any atom is 0.186 e. The van der Waals surface area contributed by atoms with Gasteiger partial charge in [-0.3, -0.25) is 5.43 Å². The molecule has 0 heterocycles. The molecule has 0 unspecified atom stereocenters. The second-order valence-corrected chi connectivity index (χ2v) is 6.55.